The monoisotopic (exact) mass is 391 g/mol. The second-order valence-corrected chi connectivity index (χ2v) is 7.08. The number of imidazole rings is 1. The van der Waals surface area contributed by atoms with Crippen LogP contribution < -0.4 is 9.64 Å². The molecule has 0 spiro atoms. The minimum Gasteiger partial charge on any atom is -0.481 e. The van der Waals surface area contributed by atoms with Crippen molar-refractivity contribution in [2.75, 3.05) is 38.3 Å². The third kappa shape index (κ3) is 3.58. The summed E-state index contributed by atoms with van der Waals surface area (Å²) in [6.07, 6.45) is 1.80. The average molecular weight is 392 g/mol. The smallest absolute Gasteiger partial charge is 0.215 e. The largest absolute Gasteiger partial charge is 0.481 e. The van der Waals surface area contributed by atoms with Crippen LogP contribution >= 0.6 is 23.4 Å². The van der Waals surface area contributed by atoms with Gasteiger partial charge in [0.1, 0.15) is 5.52 Å². The van der Waals surface area contributed by atoms with Crippen molar-refractivity contribution < 1.29 is 9.47 Å². The van der Waals surface area contributed by atoms with E-state index in [2.05, 4.69) is 24.8 Å². The van der Waals surface area contributed by atoms with E-state index in [1.807, 2.05) is 12.1 Å². The molecule has 1 aliphatic heterocycles. The quantitative estimate of drug-likeness (QED) is 0.669. The number of fused-ring (bicyclic) bond motifs is 1. The number of morpholine rings is 1. The lowest BCUT2D eigenvalue weighted by atomic mass is 10.3. The lowest BCUT2D eigenvalue weighted by molar-refractivity contribution is 0.122. The molecule has 4 heterocycles. The molecule has 0 amide bonds. The van der Waals surface area contributed by atoms with Crippen LogP contribution in [0.3, 0.4) is 0 Å². The Morgan fingerprint density at radius 1 is 1.27 bits per heavy atom. The van der Waals surface area contributed by atoms with Crippen LogP contribution in [0.5, 0.6) is 5.88 Å². The summed E-state index contributed by atoms with van der Waals surface area (Å²) in [7, 11) is 1.59. The van der Waals surface area contributed by atoms with E-state index >= 15 is 0 Å². The van der Waals surface area contributed by atoms with Crippen molar-refractivity contribution >= 4 is 40.2 Å². The molecule has 1 aliphatic rings. The summed E-state index contributed by atoms with van der Waals surface area (Å²) < 4.78 is 10.6. The van der Waals surface area contributed by atoms with Crippen molar-refractivity contribution in [1.29, 1.82) is 0 Å². The topological polar surface area (TPSA) is 76.2 Å². The summed E-state index contributed by atoms with van der Waals surface area (Å²) in [5, 5.41) is 1.47. The second-order valence-electron chi connectivity index (χ2n) is 5.74. The number of aromatic amines is 1. The van der Waals surface area contributed by atoms with Crippen molar-refractivity contribution in [3.8, 4) is 5.88 Å². The average Bonchev–Trinajstić information content (AvgIpc) is 3.10. The van der Waals surface area contributed by atoms with Crippen LogP contribution in [0.4, 0.5) is 5.69 Å². The third-order valence-corrected chi connectivity index (χ3v) is 5.44. The fourth-order valence-electron chi connectivity index (χ4n) is 2.80. The third-order valence-electron chi connectivity index (χ3n) is 4.14. The summed E-state index contributed by atoms with van der Waals surface area (Å²) >= 11 is 8.15. The number of halogens is 1. The van der Waals surface area contributed by atoms with Crippen molar-refractivity contribution in [1.82, 2.24) is 19.9 Å². The standard InChI is InChI=1S/C17H18ClN5O2S/c1-24-14-3-2-11-16(21-14)22-17(20-11)26-10-12-15(18)13(4-5-19-12)23-6-8-25-9-7-23/h2-5H,6-10H2,1H3,(H,20,21,22). The fraction of sp³-hybridized carbons (Fsp3) is 0.353. The van der Waals surface area contributed by atoms with Gasteiger partial charge < -0.3 is 19.4 Å². The predicted molar refractivity (Wildman–Crippen MR) is 102 cm³/mol. The van der Waals surface area contributed by atoms with Gasteiger partial charge in [0.15, 0.2) is 10.8 Å². The summed E-state index contributed by atoms with van der Waals surface area (Å²) in [5.74, 6) is 1.18. The lowest BCUT2D eigenvalue weighted by Crippen LogP contribution is -2.36. The number of hydrogen-bond donors (Lipinski definition) is 1. The number of hydrogen-bond acceptors (Lipinski definition) is 7. The Morgan fingerprint density at radius 3 is 2.92 bits per heavy atom. The molecule has 1 N–H and O–H groups in total. The van der Waals surface area contributed by atoms with E-state index in [0.29, 0.717) is 22.3 Å². The number of nitrogens with one attached hydrogen (secondary N) is 1. The summed E-state index contributed by atoms with van der Waals surface area (Å²) in [6.45, 7) is 3.12. The van der Waals surface area contributed by atoms with Gasteiger partial charge in [0.05, 0.1) is 36.7 Å². The maximum Gasteiger partial charge on any atom is 0.215 e. The van der Waals surface area contributed by atoms with E-state index in [4.69, 9.17) is 21.1 Å². The van der Waals surface area contributed by atoms with Gasteiger partial charge in [0.2, 0.25) is 5.88 Å². The highest BCUT2D eigenvalue weighted by molar-refractivity contribution is 7.98. The molecule has 26 heavy (non-hydrogen) atoms. The first kappa shape index (κ1) is 17.4. The minimum absolute atomic E-state index is 0.556. The molecular formula is C17H18ClN5O2S. The van der Waals surface area contributed by atoms with Crippen LogP contribution in [0.1, 0.15) is 5.69 Å². The highest BCUT2D eigenvalue weighted by atomic mass is 35.5. The number of rotatable bonds is 5. The molecule has 3 aromatic heterocycles. The van der Waals surface area contributed by atoms with E-state index in [0.717, 1.165) is 48.4 Å². The van der Waals surface area contributed by atoms with Gasteiger partial charge in [-0.15, -0.1) is 0 Å². The zero-order chi connectivity index (χ0) is 17.9. The molecule has 0 aliphatic carbocycles. The Labute approximate surface area is 160 Å². The number of nitrogens with zero attached hydrogens (tertiary/aromatic N) is 4. The first-order valence-electron chi connectivity index (χ1n) is 8.24. The number of H-pyrrole nitrogens is 1. The predicted octanol–water partition coefficient (Wildman–Crippen LogP) is 3.14. The van der Waals surface area contributed by atoms with Crippen molar-refractivity contribution in [2.24, 2.45) is 0 Å². The number of ether oxygens (including phenoxy) is 2. The number of pyridine rings is 2. The van der Waals surface area contributed by atoms with Crippen LogP contribution in [0.2, 0.25) is 5.02 Å². The van der Waals surface area contributed by atoms with Crippen molar-refractivity contribution in [2.45, 2.75) is 10.9 Å². The molecule has 1 saturated heterocycles. The van der Waals surface area contributed by atoms with Crippen molar-refractivity contribution in [3.63, 3.8) is 0 Å². The molecule has 4 rings (SSSR count). The summed E-state index contributed by atoms with van der Waals surface area (Å²) in [5.41, 5.74) is 3.35. The molecular weight excluding hydrogens is 374 g/mol. The highest BCUT2D eigenvalue weighted by Crippen LogP contribution is 2.32. The minimum atomic E-state index is 0.556. The van der Waals surface area contributed by atoms with Gasteiger partial charge in [-0.25, -0.2) is 4.98 Å². The number of methoxy groups -OCH3 is 1. The highest BCUT2D eigenvalue weighted by Gasteiger charge is 2.17. The van der Waals surface area contributed by atoms with Crippen LogP contribution in [0, 0.1) is 0 Å². The van der Waals surface area contributed by atoms with Gasteiger partial charge in [-0.1, -0.05) is 23.4 Å². The summed E-state index contributed by atoms with van der Waals surface area (Å²) in [4.78, 5) is 18.8. The zero-order valence-corrected chi connectivity index (χ0v) is 15.8. The maximum atomic E-state index is 6.61. The van der Waals surface area contributed by atoms with E-state index in [1.165, 1.54) is 0 Å². The van der Waals surface area contributed by atoms with Crippen LogP contribution in [0.25, 0.3) is 11.2 Å². The molecule has 1 fully saturated rings. The lowest BCUT2D eigenvalue weighted by Gasteiger charge is -2.29. The molecule has 9 heteroatoms. The van der Waals surface area contributed by atoms with Crippen LogP contribution in [-0.4, -0.2) is 53.3 Å². The van der Waals surface area contributed by atoms with Gasteiger partial charge in [-0.05, 0) is 12.1 Å². The summed E-state index contributed by atoms with van der Waals surface area (Å²) in [6, 6.07) is 5.63. The SMILES string of the molecule is COc1ccc2nc(SCc3nccc(N4CCOCC4)c3Cl)[nH]c2n1. The Balaban J connectivity index is 1.50. The first-order chi connectivity index (χ1) is 12.7. The Kier molecular flexibility index (Phi) is 5.14. The van der Waals surface area contributed by atoms with E-state index < -0.39 is 0 Å². The molecule has 0 unspecified atom stereocenters. The van der Waals surface area contributed by atoms with Gasteiger partial charge in [-0.3, -0.25) is 4.98 Å². The molecule has 0 atom stereocenters. The normalized spacial score (nSPS) is 14.8. The fourth-order valence-corrected chi connectivity index (χ4v) is 4.00. The molecule has 7 nitrogen and oxygen atoms in total. The van der Waals surface area contributed by atoms with E-state index in [-0.39, 0.29) is 0 Å². The van der Waals surface area contributed by atoms with Crippen LogP contribution in [0.15, 0.2) is 29.6 Å². The van der Waals surface area contributed by atoms with Gasteiger partial charge in [0, 0.05) is 31.1 Å². The van der Waals surface area contributed by atoms with Crippen molar-refractivity contribution in [3.05, 3.63) is 35.1 Å². The van der Waals surface area contributed by atoms with Crippen LogP contribution in [-0.2, 0) is 10.5 Å². The van der Waals surface area contributed by atoms with Gasteiger partial charge >= 0.3 is 0 Å². The van der Waals surface area contributed by atoms with E-state index in [1.54, 1.807) is 31.1 Å². The molecule has 136 valence electrons. The molecule has 0 aromatic carbocycles. The second kappa shape index (κ2) is 7.69. The number of aromatic nitrogens is 4. The molecule has 3 aromatic rings. The van der Waals surface area contributed by atoms with Gasteiger partial charge in [0.25, 0.3) is 0 Å². The van der Waals surface area contributed by atoms with Gasteiger partial charge in [-0.2, -0.15) is 4.98 Å². The Hall–Kier alpha value is -2.03. The maximum absolute atomic E-state index is 6.61. The molecule has 0 bridgehead atoms. The number of anilines is 1. The van der Waals surface area contributed by atoms with E-state index in [9.17, 15) is 0 Å². The first-order valence-corrected chi connectivity index (χ1v) is 9.60. The Bertz CT molecular complexity index is 913. The number of thioether (sulfide) groups is 1. The zero-order valence-electron chi connectivity index (χ0n) is 14.2. The Morgan fingerprint density at radius 2 is 2.12 bits per heavy atom. The molecule has 0 radical (unpaired) electrons. The molecule has 0 saturated carbocycles.